The molecule has 0 bridgehead atoms. The Hall–Kier alpha value is -0.120. The first-order valence-electron chi connectivity index (χ1n) is 6.70. The smallest absolute Gasteiger partial charge is 0.0589 e. The van der Waals surface area contributed by atoms with Gasteiger partial charge in [0.05, 0.1) is 6.61 Å². The molecule has 0 aromatic carbocycles. The summed E-state index contributed by atoms with van der Waals surface area (Å²) < 4.78 is 5.14. The molecule has 3 heteroatoms. The van der Waals surface area contributed by atoms with E-state index < -0.39 is 0 Å². The Bertz CT molecular complexity index is 169. The average Bonchev–Trinajstić information content (AvgIpc) is 2.33. The summed E-state index contributed by atoms with van der Waals surface area (Å²) in [5.74, 6) is 0. The van der Waals surface area contributed by atoms with Crippen molar-refractivity contribution in [2.45, 2.75) is 51.1 Å². The Labute approximate surface area is 101 Å². The number of ether oxygens (including phenoxy) is 1. The first kappa shape index (κ1) is 13.9. The Balaban J connectivity index is 2.25. The van der Waals surface area contributed by atoms with E-state index >= 15 is 0 Å². The van der Waals surface area contributed by atoms with Gasteiger partial charge in [0.15, 0.2) is 0 Å². The van der Waals surface area contributed by atoms with Gasteiger partial charge < -0.3 is 15.0 Å². The molecule has 0 radical (unpaired) electrons. The maximum Gasteiger partial charge on any atom is 0.0589 e. The largest absolute Gasteiger partial charge is 0.383 e. The molecule has 0 aromatic rings. The molecule has 3 nitrogen and oxygen atoms in total. The molecule has 96 valence electrons. The molecule has 0 amide bonds. The lowest BCUT2D eigenvalue weighted by Crippen LogP contribution is -2.43. The standard InChI is InChI=1S/C13H28N2O/c1-4-8-14-12-6-5-7-13(11-12)15(2)9-10-16-3/h12-14H,4-11H2,1-3H3. The lowest BCUT2D eigenvalue weighted by molar-refractivity contribution is 0.115. The maximum absolute atomic E-state index is 5.14. The number of methoxy groups -OCH3 is 1. The Kier molecular flexibility index (Phi) is 7.01. The molecule has 0 spiro atoms. The zero-order chi connectivity index (χ0) is 11.8. The van der Waals surface area contributed by atoms with E-state index in [1.54, 1.807) is 7.11 Å². The first-order valence-corrected chi connectivity index (χ1v) is 6.70. The molecule has 0 aromatic heterocycles. The van der Waals surface area contributed by atoms with E-state index in [-0.39, 0.29) is 0 Å². The van der Waals surface area contributed by atoms with Crippen molar-refractivity contribution in [2.24, 2.45) is 0 Å². The van der Waals surface area contributed by atoms with Gasteiger partial charge >= 0.3 is 0 Å². The SMILES string of the molecule is CCCNC1CCCC(N(C)CCOC)C1. The second-order valence-corrected chi connectivity index (χ2v) is 4.94. The average molecular weight is 228 g/mol. The van der Waals surface area contributed by atoms with E-state index in [1.165, 1.54) is 38.6 Å². The second kappa shape index (κ2) is 8.04. The summed E-state index contributed by atoms with van der Waals surface area (Å²) in [6, 6.07) is 1.49. The summed E-state index contributed by atoms with van der Waals surface area (Å²) in [7, 11) is 4.01. The van der Waals surface area contributed by atoms with Crippen molar-refractivity contribution in [1.82, 2.24) is 10.2 Å². The topological polar surface area (TPSA) is 24.5 Å². The molecule has 1 fully saturated rings. The van der Waals surface area contributed by atoms with Crippen LogP contribution in [-0.2, 0) is 4.74 Å². The minimum absolute atomic E-state index is 0.740. The van der Waals surface area contributed by atoms with Crippen LogP contribution in [0.4, 0.5) is 0 Å². The normalized spacial score (nSPS) is 26.2. The van der Waals surface area contributed by atoms with Crippen LogP contribution in [0.25, 0.3) is 0 Å². The highest BCUT2D eigenvalue weighted by atomic mass is 16.5. The van der Waals surface area contributed by atoms with E-state index in [0.29, 0.717) is 0 Å². The molecule has 16 heavy (non-hydrogen) atoms. The van der Waals surface area contributed by atoms with Gasteiger partial charge in [-0.3, -0.25) is 0 Å². The number of hydrogen-bond donors (Lipinski definition) is 1. The van der Waals surface area contributed by atoms with Crippen LogP contribution in [0, 0.1) is 0 Å². The summed E-state index contributed by atoms with van der Waals surface area (Å²) >= 11 is 0. The maximum atomic E-state index is 5.14. The number of nitrogens with zero attached hydrogens (tertiary/aromatic N) is 1. The van der Waals surface area contributed by atoms with E-state index in [0.717, 1.165) is 25.2 Å². The van der Waals surface area contributed by atoms with Gasteiger partial charge in [0.1, 0.15) is 0 Å². The fourth-order valence-electron chi connectivity index (χ4n) is 2.52. The minimum atomic E-state index is 0.740. The molecule has 0 heterocycles. The number of hydrogen-bond acceptors (Lipinski definition) is 3. The van der Waals surface area contributed by atoms with Crippen molar-refractivity contribution in [3.63, 3.8) is 0 Å². The van der Waals surface area contributed by atoms with Gasteiger partial charge in [0.25, 0.3) is 0 Å². The monoisotopic (exact) mass is 228 g/mol. The molecule has 0 aliphatic heterocycles. The first-order chi connectivity index (χ1) is 7.77. The Morgan fingerprint density at radius 3 is 2.88 bits per heavy atom. The number of likely N-dealkylation sites (N-methyl/N-ethyl adjacent to an activating group) is 1. The van der Waals surface area contributed by atoms with Gasteiger partial charge in [-0.25, -0.2) is 0 Å². The predicted molar refractivity (Wildman–Crippen MR) is 68.8 cm³/mol. The summed E-state index contributed by atoms with van der Waals surface area (Å²) in [6.45, 7) is 5.30. The molecular formula is C13H28N2O. The van der Waals surface area contributed by atoms with Crippen LogP contribution in [0.1, 0.15) is 39.0 Å². The third kappa shape index (κ3) is 4.81. The van der Waals surface area contributed by atoms with Crippen LogP contribution in [0.15, 0.2) is 0 Å². The molecule has 1 N–H and O–H groups in total. The van der Waals surface area contributed by atoms with E-state index in [2.05, 4.69) is 24.2 Å². The highest BCUT2D eigenvalue weighted by Gasteiger charge is 2.23. The van der Waals surface area contributed by atoms with Gasteiger partial charge in [-0.15, -0.1) is 0 Å². The van der Waals surface area contributed by atoms with Gasteiger partial charge in [-0.1, -0.05) is 13.3 Å². The van der Waals surface area contributed by atoms with Crippen molar-refractivity contribution in [1.29, 1.82) is 0 Å². The Morgan fingerprint density at radius 2 is 2.19 bits per heavy atom. The van der Waals surface area contributed by atoms with Gasteiger partial charge in [0, 0.05) is 25.7 Å². The summed E-state index contributed by atoms with van der Waals surface area (Å²) in [5, 5.41) is 3.65. The van der Waals surface area contributed by atoms with Crippen LogP contribution >= 0.6 is 0 Å². The zero-order valence-corrected chi connectivity index (χ0v) is 11.2. The highest BCUT2D eigenvalue weighted by molar-refractivity contribution is 4.82. The lowest BCUT2D eigenvalue weighted by atomic mass is 9.90. The van der Waals surface area contributed by atoms with Gasteiger partial charge in [0.2, 0.25) is 0 Å². The van der Waals surface area contributed by atoms with Gasteiger partial charge in [-0.2, -0.15) is 0 Å². The molecule has 1 saturated carbocycles. The van der Waals surface area contributed by atoms with Crippen molar-refractivity contribution in [2.75, 3.05) is 33.9 Å². The second-order valence-electron chi connectivity index (χ2n) is 4.94. The summed E-state index contributed by atoms with van der Waals surface area (Å²) in [4.78, 5) is 2.46. The molecule has 2 atom stereocenters. The molecule has 0 saturated heterocycles. The third-order valence-corrected chi connectivity index (χ3v) is 3.60. The van der Waals surface area contributed by atoms with Crippen LogP contribution in [0.5, 0.6) is 0 Å². The molecule has 1 rings (SSSR count). The quantitative estimate of drug-likeness (QED) is 0.720. The molecule has 1 aliphatic rings. The number of rotatable bonds is 7. The van der Waals surface area contributed by atoms with E-state index in [1.807, 2.05) is 0 Å². The number of nitrogens with one attached hydrogen (secondary N) is 1. The molecule has 2 unspecified atom stereocenters. The van der Waals surface area contributed by atoms with Crippen molar-refractivity contribution < 1.29 is 4.74 Å². The zero-order valence-electron chi connectivity index (χ0n) is 11.2. The van der Waals surface area contributed by atoms with Crippen molar-refractivity contribution in [3.05, 3.63) is 0 Å². The minimum Gasteiger partial charge on any atom is -0.383 e. The predicted octanol–water partition coefficient (Wildman–Crippen LogP) is 1.88. The van der Waals surface area contributed by atoms with Crippen molar-refractivity contribution >= 4 is 0 Å². The molecular weight excluding hydrogens is 200 g/mol. The molecule has 1 aliphatic carbocycles. The van der Waals surface area contributed by atoms with Crippen LogP contribution < -0.4 is 5.32 Å². The summed E-state index contributed by atoms with van der Waals surface area (Å²) in [6.07, 6.45) is 6.61. The van der Waals surface area contributed by atoms with E-state index in [4.69, 9.17) is 4.74 Å². The van der Waals surface area contributed by atoms with Gasteiger partial charge in [-0.05, 0) is 39.3 Å². The fraction of sp³-hybridized carbons (Fsp3) is 1.00. The van der Waals surface area contributed by atoms with Crippen LogP contribution in [-0.4, -0.2) is 50.8 Å². The highest BCUT2D eigenvalue weighted by Crippen LogP contribution is 2.22. The van der Waals surface area contributed by atoms with Crippen molar-refractivity contribution in [3.8, 4) is 0 Å². The Morgan fingerprint density at radius 1 is 1.38 bits per heavy atom. The van der Waals surface area contributed by atoms with Crippen LogP contribution in [0.2, 0.25) is 0 Å². The van der Waals surface area contributed by atoms with E-state index in [9.17, 15) is 0 Å². The third-order valence-electron chi connectivity index (χ3n) is 3.60. The lowest BCUT2D eigenvalue weighted by Gasteiger charge is -2.35. The summed E-state index contributed by atoms with van der Waals surface area (Å²) in [5.41, 5.74) is 0. The van der Waals surface area contributed by atoms with Crippen LogP contribution in [0.3, 0.4) is 0 Å². The fourth-order valence-corrected chi connectivity index (χ4v) is 2.52.